The fraction of sp³-hybridized carbons (Fsp3) is 0.118. The number of amides is 1. The predicted octanol–water partition coefficient (Wildman–Crippen LogP) is 3.24. The third-order valence-electron chi connectivity index (χ3n) is 2.78. The van der Waals surface area contributed by atoms with Crippen molar-refractivity contribution >= 4 is 21.8 Å². The van der Waals surface area contributed by atoms with E-state index in [-0.39, 0.29) is 5.91 Å². The second-order valence-corrected chi connectivity index (χ2v) is 5.05. The number of carbonyl (C=O) groups is 1. The summed E-state index contributed by atoms with van der Waals surface area (Å²) in [5.41, 5.74) is 1.48. The first kappa shape index (κ1) is 15.1. The van der Waals surface area contributed by atoms with Crippen LogP contribution in [0.4, 0.5) is 0 Å². The largest absolute Gasteiger partial charge is 0.497 e. The lowest BCUT2D eigenvalue weighted by Gasteiger charge is -2.03. The van der Waals surface area contributed by atoms with Crippen molar-refractivity contribution < 1.29 is 9.53 Å². The highest BCUT2D eigenvalue weighted by molar-refractivity contribution is 9.10. The fourth-order valence-electron chi connectivity index (χ4n) is 1.69. The minimum atomic E-state index is -0.147. The third kappa shape index (κ3) is 4.37. The number of rotatable bonds is 3. The highest BCUT2D eigenvalue weighted by Crippen LogP contribution is 2.15. The van der Waals surface area contributed by atoms with Crippen LogP contribution in [0, 0.1) is 11.8 Å². The van der Waals surface area contributed by atoms with E-state index in [0.29, 0.717) is 12.1 Å². The van der Waals surface area contributed by atoms with Crippen molar-refractivity contribution in [2.45, 2.75) is 0 Å². The van der Waals surface area contributed by atoms with Crippen LogP contribution in [0.3, 0.4) is 0 Å². The Morgan fingerprint density at radius 2 is 1.90 bits per heavy atom. The molecule has 0 fully saturated rings. The van der Waals surface area contributed by atoms with Gasteiger partial charge in [0.15, 0.2) is 0 Å². The molecule has 0 spiro atoms. The molecule has 0 bridgehead atoms. The Labute approximate surface area is 132 Å². The molecular formula is C17H14BrNO2. The van der Waals surface area contributed by atoms with Crippen LogP contribution in [0.2, 0.25) is 0 Å². The summed E-state index contributed by atoms with van der Waals surface area (Å²) < 4.78 is 5.85. The standard InChI is InChI=1S/C17H14BrNO2/c1-21-14-10-8-13(9-11-14)5-4-12-19-17(20)15-6-2-3-7-16(15)18/h2-3,6-11H,12H2,1H3,(H,19,20). The quantitative estimate of drug-likeness (QED) is 0.869. The van der Waals surface area contributed by atoms with Crippen LogP contribution < -0.4 is 10.1 Å². The molecule has 0 aromatic heterocycles. The Kier molecular flexibility index (Phi) is 5.42. The molecule has 1 N–H and O–H groups in total. The molecule has 106 valence electrons. The Morgan fingerprint density at radius 3 is 2.57 bits per heavy atom. The van der Waals surface area contributed by atoms with Gasteiger partial charge in [-0.15, -0.1) is 0 Å². The molecule has 0 unspecified atom stereocenters. The van der Waals surface area contributed by atoms with E-state index in [9.17, 15) is 4.79 Å². The van der Waals surface area contributed by atoms with Crippen LogP contribution >= 0.6 is 15.9 Å². The van der Waals surface area contributed by atoms with Crippen LogP contribution in [-0.2, 0) is 0 Å². The number of carbonyl (C=O) groups excluding carboxylic acids is 1. The Morgan fingerprint density at radius 1 is 1.19 bits per heavy atom. The lowest BCUT2D eigenvalue weighted by Crippen LogP contribution is -2.23. The number of nitrogens with one attached hydrogen (secondary N) is 1. The Hall–Kier alpha value is -2.25. The van der Waals surface area contributed by atoms with Crippen molar-refractivity contribution in [3.63, 3.8) is 0 Å². The van der Waals surface area contributed by atoms with Gasteiger partial charge in [-0.25, -0.2) is 0 Å². The summed E-state index contributed by atoms with van der Waals surface area (Å²) in [6.07, 6.45) is 0. The monoisotopic (exact) mass is 343 g/mol. The van der Waals surface area contributed by atoms with Gasteiger partial charge in [-0.2, -0.15) is 0 Å². The number of hydrogen-bond acceptors (Lipinski definition) is 2. The van der Waals surface area contributed by atoms with E-state index in [1.165, 1.54) is 0 Å². The predicted molar refractivity (Wildman–Crippen MR) is 86.3 cm³/mol. The van der Waals surface area contributed by atoms with E-state index in [2.05, 4.69) is 33.1 Å². The highest BCUT2D eigenvalue weighted by atomic mass is 79.9. The normalized spacial score (nSPS) is 9.43. The maximum absolute atomic E-state index is 11.9. The first-order valence-electron chi connectivity index (χ1n) is 6.36. The van der Waals surface area contributed by atoms with Crippen molar-refractivity contribution in [2.75, 3.05) is 13.7 Å². The second kappa shape index (κ2) is 7.51. The van der Waals surface area contributed by atoms with Gasteiger partial charge in [-0.05, 0) is 52.3 Å². The molecule has 1 amide bonds. The van der Waals surface area contributed by atoms with Crippen LogP contribution in [0.15, 0.2) is 53.0 Å². The molecule has 2 aromatic rings. The smallest absolute Gasteiger partial charge is 0.253 e. The van der Waals surface area contributed by atoms with Crippen LogP contribution in [-0.4, -0.2) is 19.6 Å². The summed E-state index contributed by atoms with van der Waals surface area (Å²) in [6.45, 7) is 0.298. The number of halogens is 1. The molecule has 0 heterocycles. The number of hydrogen-bond donors (Lipinski definition) is 1. The molecule has 2 rings (SSSR count). The summed E-state index contributed by atoms with van der Waals surface area (Å²) >= 11 is 3.35. The molecule has 0 atom stereocenters. The third-order valence-corrected chi connectivity index (χ3v) is 3.47. The number of benzene rings is 2. The Bertz CT molecular complexity index is 684. The van der Waals surface area contributed by atoms with Crippen LogP contribution in [0.25, 0.3) is 0 Å². The average Bonchev–Trinajstić information content (AvgIpc) is 2.52. The zero-order chi connectivity index (χ0) is 15.1. The van der Waals surface area contributed by atoms with Crippen molar-refractivity contribution in [1.29, 1.82) is 0 Å². The summed E-state index contributed by atoms with van der Waals surface area (Å²) in [7, 11) is 1.62. The summed E-state index contributed by atoms with van der Waals surface area (Å²) in [6, 6.07) is 14.7. The van der Waals surface area contributed by atoms with Gasteiger partial charge >= 0.3 is 0 Å². The molecular weight excluding hydrogens is 330 g/mol. The van der Waals surface area contributed by atoms with Crippen molar-refractivity contribution in [1.82, 2.24) is 5.32 Å². The zero-order valence-electron chi connectivity index (χ0n) is 11.5. The van der Waals surface area contributed by atoms with Gasteiger partial charge in [0, 0.05) is 10.0 Å². The lowest BCUT2D eigenvalue weighted by atomic mass is 10.2. The van der Waals surface area contributed by atoms with E-state index < -0.39 is 0 Å². The van der Waals surface area contributed by atoms with Gasteiger partial charge in [-0.1, -0.05) is 24.0 Å². The number of methoxy groups -OCH3 is 1. The van der Waals surface area contributed by atoms with Gasteiger partial charge in [-0.3, -0.25) is 4.79 Å². The van der Waals surface area contributed by atoms with E-state index in [0.717, 1.165) is 15.8 Å². The van der Waals surface area contributed by atoms with E-state index in [1.54, 1.807) is 13.2 Å². The highest BCUT2D eigenvalue weighted by Gasteiger charge is 2.06. The van der Waals surface area contributed by atoms with Gasteiger partial charge in [0.2, 0.25) is 0 Å². The Balaban J connectivity index is 1.91. The minimum Gasteiger partial charge on any atom is -0.497 e. The van der Waals surface area contributed by atoms with Gasteiger partial charge in [0.1, 0.15) is 5.75 Å². The average molecular weight is 344 g/mol. The van der Waals surface area contributed by atoms with Gasteiger partial charge < -0.3 is 10.1 Å². The molecule has 0 aliphatic heterocycles. The number of ether oxygens (including phenoxy) is 1. The summed E-state index contributed by atoms with van der Waals surface area (Å²) in [5, 5.41) is 2.77. The van der Waals surface area contributed by atoms with Crippen molar-refractivity contribution in [3.8, 4) is 17.6 Å². The molecule has 21 heavy (non-hydrogen) atoms. The van der Waals surface area contributed by atoms with Crippen molar-refractivity contribution in [3.05, 3.63) is 64.1 Å². The zero-order valence-corrected chi connectivity index (χ0v) is 13.1. The van der Waals surface area contributed by atoms with E-state index in [1.807, 2.05) is 42.5 Å². The van der Waals surface area contributed by atoms with Crippen LogP contribution in [0.5, 0.6) is 5.75 Å². The molecule has 3 nitrogen and oxygen atoms in total. The van der Waals surface area contributed by atoms with Gasteiger partial charge in [0.25, 0.3) is 5.91 Å². The SMILES string of the molecule is COc1ccc(C#CCNC(=O)c2ccccc2Br)cc1. The van der Waals surface area contributed by atoms with Crippen LogP contribution in [0.1, 0.15) is 15.9 Å². The van der Waals surface area contributed by atoms with E-state index in [4.69, 9.17) is 4.74 Å². The summed E-state index contributed by atoms with van der Waals surface area (Å²) in [4.78, 5) is 11.9. The lowest BCUT2D eigenvalue weighted by molar-refractivity contribution is 0.0958. The maximum atomic E-state index is 11.9. The molecule has 0 radical (unpaired) electrons. The second-order valence-electron chi connectivity index (χ2n) is 4.19. The minimum absolute atomic E-state index is 0.147. The first-order valence-corrected chi connectivity index (χ1v) is 7.15. The van der Waals surface area contributed by atoms with E-state index >= 15 is 0 Å². The maximum Gasteiger partial charge on any atom is 0.253 e. The topological polar surface area (TPSA) is 38.3 Å². The molecule has 0 saturated carbocycles. The molecule has 0 aliphatic rings. The fourth-order valence-corrected chi connectivity index (χ4v) is 2.15. The molecule has 0 saturated heterocycles. The first-order chi connectivity index (χ1) is 10.2. The summed E-state index contributed by atoms with van der Waals surface area (Å²) in [5.74, 6) is 6.55. The molecule has 0 aliphatic carbocycles. The molecule has 2 aromatic carbocycles. The van der Waals surface area contributed by atoms with Gasteiger partial charge in [0.05, 0.1) is 19.2 Å². The van der Waals surface area contributed by atoms with Crippen molar-refractivity contribution in [2.24, 2.45) is 0 Å². The molecule has 4 heteroatoms.